The molecule has 0 amide bonds. The van der Waals surface area contributed by atoms with Crippen molar-refractivity contribution in [3.8, 4) is 0 Å². The minimum Gasteiger partial charge on any atom is -0.291 e. The van der Waals surface area contributed by atoms with Crippen LogP contribution in [0.5, 0.6) is 0 Å². The van der Waals surface area contributed by atoms with Gasteiger partial charge in [-0.25, -0.2) is 4.68 Å². The molecular weight excluding hydrogens is 266 g/mol. The van der Waals surface area contributed by atoms with E-state index in [0.29, 0.717) is 6.04 Å². The van der Waals surface area contributed by atoms with Crippen LogP contribution in [-0.4, -0.2) is 47.5 Å². The summed E-state index contributed by atoms with van der Waals surface area (Å²) < 4.78 is 3.97. The highest BCUT2D eigenvalue weighted by atomic mass is 15.5. The first-order valence-electron chi connectivity index (χ1n) is 7.83. The first-order chi connectivity index (χ1) is 10.4. The molecule has 0 N–H and O–H groups in total. The normalized spacial score (nSPS) is 19.4. The van der Waals surface area contributed by atoms with Crippen molar-refractivity contribution < 1.29 is 0 Å². The molecule has 1 saturated heterocycles. The molecule has 21 heavy (non-hydrogen) atoms. The zero-order chi connectivity index (χ0) is 14.5. The smallest absolute Gasteiger partial charge is 0.165 e. The molecule has 2 aromatic heterocycles. The molecular formula is C14H23N7. The lowest BCUT2D eigenvalue weighted by Crippen LogP contribution is -2.33. The third kappa shape index (κ3) is 3.47. The summed E-state index contributed by atoms with van der Waals surface area (Å²) in [6.07, 6.45) is 8.60. The van der Waals surface area contributed by atoms with Crippen LogP contribution in [0.1, 0.15) is 38.4 Å². The van der Waals surface area contributed by atoms with Gasteiger partial charge < -0.3 is 0 Å². The van der Waals surface area contributed by atoms with Gasteiger partial charge in [-0.15, -0.1) is 5.10 Å². The first kappa shape index (κ1) is 14.2. The molecule has 7 nitrogen and oxygen atoms in total. The molecule has 1 aliphatic heterocycles. The van der Waals surface area contributed by atoms with Gasteiger partial charge in [0.1, 0.15) is 0 Å². The summed E-state index contributed by atoms with van der Waals surface area (Å²) in [5, 5.41) is 16.5. The summed E-state index contributed by atoms with van der Waals surface area (Å²) in [7, 11) is 0. The molecule has 3 rings (SSSR count). The second kappa shape index (κ2) is 6.80. The number of rotatable bonds is 7. The summed E-state index contributed by atoms with van der Waals surface area (Å²) >= 11 is 0. The van der Waals surface area contributed by atoms with Gasteiger partial charge >= 0.3 is 0 Å². The Morgan fingerprint density at radius 2 is 2.33 bits per heavy atom. The fourth-order valence-corrected chi connectivity index (χ4v) is 2.93. The summed E-state index contributed by atoms with van der Waals surface area (Å²) in [4.78, 5) is 2.48. The second-order valence-corrected chi connectivity index (χ2v) is 5.67. The molecule has 0 radical (unpaired) electrons. The van der Waals surface area contributed by atoms with Gasteiger partial charge in [-0.3, -0.25) is 9.58 Å². The lowest BCUT2D eigenvalue weighted by Gasteiger charge is -2.23. The van der Waals surface area contributed by atoms with Crippen molar-refractivity contribution in [3.05, 3.63) is 24.3 Å². The van der Waals surface area contributed by atoms with Gasteiger partial charge in [-0.2, -0.15) is 5.10 Å². The van der Waals surface area contributed by atoms with Gasteiger partial charge in [0.25, 0.3) is 0 Å². The number of tetrazole rings is 1. The summed E-state index contributed by atoms with van der Waals surface area (Å²) in [5.74, 6) is 0.982. The van der Waals surface area contributed by atoms with Gasteiger partial charge in [0.05, 0.1) is 13.1 Å². The van der Waals surface area contributed by atoms with Crippen molar-refractivity contribution >= 4 is 0 Å². The number of hydrogen-bond donors (Lipinski definition) is 0. The SMILES string of the molecule is CCCCn1nnnc1CN1CCCC1Cn1cccn1. The lowest BCUT2D eigenvalue weighted by atomic mass is 10.2. The van der Waals surface area contributed by atoms with Crippen LogP contribution in [0.2, 0.25) is 0 Å². The average Bonchev–Trinajstić information content (AvgIpc) is 3.21. The van der Waals surface area contributed by atoms with Crippen LogP contribution < -0.4 is 0 Å². The second-order valence-electron chi connectivity index (χ2n) is 5.67. The Labute approximate surface area is 124 Å². The van der Waals surface area contributed by atoms with Gasteiger partial charge in [0.15, 0.2) is 5.82 Å². The van der Waals surface area contributed by atoms with Crippen molar-refractivity contribution in [1.29, 1.82) is 0 Å². The van der Waals surface area contributed by atoms with E-state index in [9.17, 15) is 0 Å². The molecule has 0 aromatic carbocycles. The largest absolute Gasteiger partial charge is 0.291 e. The van der Waals surface area contributed by atoms with Crippen molar-refractivity contribution in [2.24, 2.45) is 0 Å². The van der Waals surface area contributed by atoms with E-state index in [1.165, 1.54) is 12.8 Å². The molecule has 2 aromatic rings. The van der Waals surface area contributed by atoms with E-state index in [1.807, 2.05) is 27.8 Å². The zero-order valence-corrected chi connectivity index (χ0v) is 12.6. The molecule has 1 fully saturated rings. The number of unbranched alkanes of at least 4 members (excludes halogenated alkanes) is 1. The topological polar surface area (TPSA) is 64.7 Å². The number of aryl methyl sites for hydroxylation is 1. The molecule has 1 atom stereocenters. The maximum atomic E-state index is 4.31. The molecule has 0 bridgehead atoms. The molecule has 114 valence electrons. The predicted molar refractivity (Wildman–Crippen MR) is 78.4 cm³/mol. The minimum atomic E-state index is 0.529. The number of likely N-dealkylation sites (tertiary alicyclic amines) is 1. The third-order valence-corrected chi connectivity index (χ3v) is 4.13. The molecule has 0 saturated carbocycles. The highest BCUT2D eigenvalue weighted by Crippen LogP contribution is 2.20. The summed E-state index contributed by atoms with van der Waals surface area (Å²) in [6, 6.07) is 2.51. The Bertz CT molecular complexity index is 533. The van der Waals surface area contributed by atoms with Crippen LogP contribution in [0, 0.1) is 0 Å². The Balaban J connectivity index is 1.62. The lowest BCUT2D eigenvalue weighted by molar-refractivity contribution is 0.210. The maximum absolute atomic E-state index is 4.31. The predicted octanol–water partition coefficient (Wildman–Crippen LogP) is 1.33. The van der Waals surface area contributed by atoms with Crippen LogP contribution >= 0.6 is 0 Å². The average molecular weight is 289 g/mol. The number of hydrogen-bond acceptors (Lipinski definition) is 5. The van der Waals surface area contributed by atoms with E-state index in [1.54, 1.807) is 0 Å². The van der Waals surface area contributed by atoms with Crippen molar-refractivity contribution in [3.63, 3.8) is 0 Å². The molecule has 0 spiro atoms. The van der Waals surface area contributed by atoms with E-state index in [2.05, 4.69) is 32.4 Å². The summed E-state index contributed by atoms with van der Waals surface area (Å²) in [6.45, 7) is 6.00. The van der Waals surface area contributed by atoms with Crippen molar-refractivity contribution in [1.82, 2.24) is 34.9 Å². The van der Waals surface area contributed by atoms with Crippen LogP contribution in [0.3, 0.4) is 0 Å². The number of nitrogens with zero attached hydrogens (tertiary/aromatic N) is 7. The Hall–Kier alpha value is -1.76. The molecule has 1 aliphatic rings. The maximum Gasteiger partial charge on any atom is 0.165 e. The van der Waals surface area contributed by atoms with E-state index in [0.717, 1.165) is 44.8 Å². The van der Waals surface area contributed by atoms with E-state index < -0.39 is 0 Å². The quantitative estimate of drug-likeness (QED) is 0.769. The zero-order valence-electron chi connectivity index (χ0n) is 12.6. The Morgan fingerprint density at radius 3 is 3.14 bits per heavy atom. The minimum absolute atomic E-state index is 0.529. The standard InChI is InChI=1S/C14H23N7/c1-2-3-10-21-14(16-17-18-21)12-19-8-4-6-13(19)11-20-9-5-7-15-20/h5,7,9,13H,2-4,6,8,10-12H2,1H3. The summed E-state index contributed by atoms with van der Waals surface area (Å²) in [5.41, 5.74) is 0. The Morgan fingerprint density at radius 1 is 1.38 bits per heavy atom. The van der Waals surface area contributed by atoms with E-state index in [-0.39, 0.29) is 0 Å². The number of aromatic nitrogens is 6. The van der Waals surface area contributed by atoms with Gasteiger partial charge in [0.2, 0.25) is 0 Å². The third-order valence-electron chi connectivity index (χ3n) is 4.13. The fourth-order valence-electron chi connectivity index (χ4n) is 2.93. The van der Waals surface area contributed by atoms with Crippen molar-refractivity contribution in [2.75, 3.05) is 6.54 Å². The molecule has 0 aliphatic carbocycles. The van der Waals surface area contributed by atoms with Gasteiger partial charge in [-0.05, 0) is 42.3 Å². The van der Waals surface area contributed by atoms with Gasteiger partial charge in [0, 0.05) is 25.0 Å². The van der Waals surface area contributed by atoms with E-state index in [4.69, 9.17) is 0 Å². The highest BCUT2D eigenvalue weighted by Gasteiger charge is 2.26. The molecule has 7 heteroatoms. The van der Waals surface area contributed by atoms with Gasteiger partial charge in [-0.1, -0.05) is 13.3 Å². The molecule has 1 unspecified atom stereocenters. The van der Waals surface area contributed by atoms with E-state index >= 15 is 0 Å². The highest BCUT2D eigenvalue weighted by molar-refractivity contribution is 4.88. The first-order valence-corrected chi connectivity index (χ1v) is 7.83. The fraction of sp³-hybridized carbons (Fsp3) is 0.714. The Kier molecular flexibility index (Phi) is 4.59. The van der Waals surface area contributed by atoms with Crippen LogP contribution in [-0.2, 0) is 19.6 Å². The van der Waals surface area contributed by atoms with Crippen LogP contribution in [0.25, 0.3) is 0 Å². The van der Waals surface area contributed by atoms with Crippen LogP contribution in [0.4, 0.5) is 0 Å². The van der Waals surface area contributed by atoms with Crippen LogP contribution in [0.15, 0.2) is 18.5 Å². The molecule has 3 heterocycles. The van der Waals surface area contributed by atoms with Crippen molar-refractivity contribution in [2.45, 2.75) is 58.3 Å². The monoisotopic (exact) mass is 289 g/mol.